The normalized spacial score (nSPS) is 18.8. The van der Waals surface area contributed by atoms with Crippen molar-refractivity contribution in [2.45, 2.75) is 38.0 Å². The Morgan fingerprint density at radius 3 is 2.90 bits per heavy atom. The molecule has 2 aromatic carbocycles. The molecule has 156 valence electrons. The number of nitrogens with one attached hydrogen (secondary N) is 2. The number of halogens is 1. The van der Waals surface area contributed by atoms with Crippen molar-refractivity contribution in [3.8, 4) is 5.75 Å². The van der Waals surface area contributed by atoms with E-state index in [1.807, 2.05) is 29.1 Å². The first-order valence-corrected chi connectivity index (χ1v) is 10.0. The summed E-state index contributed by atoms with van der Waals surface area (Å²) in [5, 5.41) is 10.7. The molecule has 2 heterocycles. The van der Waals surface area contributed by atoms with Crippen LogP contribution in [-0.4, -0.2) is 28.8 Å². The van der Waals surface area contributed by atoms with Gasteiger partial charge < -0.3 is 15.4 Å². The molecule has 1 saturated heterocycles. The minimum Gasteiger partial charge on any atom is -0.496 e. The van der Waals surface area contributed by atoms with Gasteiger partial charge in [0.25, 0.3) is 0 Å². The molecule has 2 atom stereocenters. The Bertz CT molecular complexity index is 1010. The highest BCUT2D eigenvalue weighted by atomic mass is 19.1. The van der Waals surface area contributed by atoms with Gasteiger partial charge in [0.1, 0.15) is 11.6 Å². The summed E-state index contributed by atoms with van der Waals surface area (Å²) in [5.41, 5.74) is 2.63. The molecular weight excluding hydrogens is 383 g/mol. The van der Waals surface area contributed by atoms with Crippen LogP contribution in [0.5, 0.6) is 5.75 Å². The van der Waals surface area contributed by atoms with Crippen molar-refractivity contribution >= 4 is 5.91 Å². The molecule has 4 rings (SSSR count). The van der Waals surface area contributed by atoms with Crippen LogP contribution in [0.2, 0.25) is 0 Å². The van der Waals surface area contributed by atoms with Crippen LogP contribution in [0.25, 0.3) is 0 Å². The lowest BCUT2D eigenvalue weighted by Gasteiger charge is -2.33. The first kappa shape index (κ1) is 20.1. The molecule has 0 spiro atoms. The predicted octanol–water partition coefficient (Wildman–Crippen LogP) is 3.19. The molecule has 0 bridgehead atoms. The highest BCUT2D eigenvalue weighted by Crippen LogP contribution is 2.27. The highest BCUT2D eigenvalue weighted by Gasteiger charge is 2.31. The maximum atomic E-state index is 14.4. The van der Waals surface area contributed by atoms with Gasteiger partial charge in [-0.3, -0.25) is 9.48 Å². The van der Waals surface area contributed by atoms with Gasteiger partial charge in [0.15, 0.2) is 0 Å². The molecular formula is C23H25FN4O2. The quantitative estimate of drug-likeness (QED) is 0.630. The van der Waals surface area contributed by atoms with Gasteiger partial charge in [-0.2, -0.15) is 5.10 Å². The van der Waals surface area contributed by atoms with E-state index >= 15 is 0 Å². The molecule has 1 amide bonds. The Balaban J connectivity index is 1.50. The Kier molecular flexibility index (Phi) is 6.09. The van der Waals surface area contributed by atoms with Gasteiger partial charge >= 0.3 is 0 Å². The van der Waals surface area contributed by atoms with Crippen molar-refractivity contribution in [1.82, 2.24) is 20.4 Å². The van der Waals surface area contributed by atoms with E-state index < -0.39 is 6.04 Å². The maximum Gasteiger partial charge on any atom is 0.220 e. The van der Waals surface area contributed by atoms with Crippen LogP contribution in [0.3, 0.4) is 0 Å². The van der Waals surface area contributed by atoms with Crippen LogP contribution in [0, 0.1) is 5.82 Å². The molecule has 7 heteroatoms. The molecule has 1 fully saturated rings. The molecule has 1 aliphatic rings. The summed E-state index contributed by atoms with van der Waals surface area (Å²) in [7, 11) is 1.66. The summed E-state index contributed by atoms with van der Waals surface area (Å²) in [4.78, 5) is 12.0. The van der Waals surface area contributed by atoms with Gasteiger partial charge in [-0.05, 0) is 36.2 Å². The zero-order chi connectivity index (χ0) is 20.9. The zero-order valence-electron chi connectivity index (χ0n) is 16.8. The predicted molar refractivity (Wildman–Crippen MR) is 111 cm³/mol. The second kappa shape index (κ2) is 9.09. The molecule has 6 nitrogen and oxygen atoms in total. The minimum atomic E-state index is -0.394. The van der Waals surface area contributed by atoms with E-state index in [1.54, 1.807) is 31.5 Å². The van der Waals surface area contributed by atoms with Crippen LogP contribution >= 0.6 is 0 Å². The Morgan fingerprint density at radius 2 is 2.13 bits per heavy atom. The topological polar surface area (TPSA) is 68.2 Å². The molecule has 0 saturated carbocycles. The summed E-state index contributed by atoms with van der Waals surface area (Å²) in [6.07, 6.45) is 4.74. The smallest absolute Gasteiger partial charge is 0.220 e. The van der Waals surface area contributed by atoms with Gasteiger partial charge in [0, 0.05) is 42.5 Å². The number of amides is 1. The van der Waals surface area contributed by atoms with E-state index in [-0.39, 0.29) is 17.8 Å². The molecule has 3 aromatic rings. The van der Waals surface area contributed by atoms with E-state index in [1.165, 1.54) is 6.07 Å². The number of hydrogen-bond donors (Lipinski definition) is 2. The van der Waals surface area contributed by atoms with Gasteiger partial charge in [0.05, 0.1) is 19.7 Å². The second-order valence-corrected chi connectivity index (χ2v) is 7.44. The van der Waals surface area contributed by atoms with Crippen LogP contribution in [0.15, 0.2) is 60.9 Å². The number of carbonyl (C=O) groups is 1. The van der Waals surface area contributed by atoms with Crippen molar-refractivity contribution in [3.05, 3.63) is 83.4 Å². The first-order chi connectivity index (χ1) is 14.6. The summed E-state index contributed by atoms with van der Waals surface area (Å²) in [5.74, 6) is 0.457. The third-order valence-electron chi connectivity index (χ3n) is 5.45. The lowest BCUT2D eigenvalue weighted by Crippen LogP contribution is -2.48. The van der Waals surface area contributed by atoms with Gasteiger partial charge in [0.2, 0.25) is 5.91 Å². The standard InChI is InChI=1S/C23H25FN4O2/c1-30-21-9-7-16(13-17(21)15-28-12-4-11-26-28)14-25-20-8-10-22(29)27-23(20)18-5-2-3-6-19(18)24/h2-7,9,11-13,20,23,25H,8,10,14-15H2,1H3,(H,27,29)/t20-,23+/m1/s1. The van der Waals surface area contributed by atoms with Gasteiger partial charge in [-0.1, -0.05) is 24.3 Å². The van der Waals surface area contributed by atoms with Crippen molar-refractivity contribution < 1.29 is 13.9 Å². The largest absolute Gasteiger partial charge is 0.496 e. The average molecular weight is 408 g/mol. The van der Waals surface area contributed by atoms with Crippen molar-refractivity contribution in [1.29, 1.82) is 0 Å². The lowest BCUT2D eigenvalue weighted by molar-refractivity contribution is -0.123. The number of carbonyl (C=O) groups excluding carboxylic acids is 1. The van der Waals surface area contributed by atoms with Gasteiger partial charge in [-0.15, -0.1) is 0 Å². The van der Waals surface area contributed by atoms with E-state index in [9.17, 15) is 9.18 Å². The van der Waals surface area contributed by atoms with Crippen molar-refractivity contribution in [3.63, 3.8) is 0 Å². The molecule has 1 aliphatic heterocycles. The average Bonchev–Trinajstić information content (AvgIpc) is 3.26. The molecule has 30 heavy (non-hydrogen) atoms. The Labute approximate surface area is 175 Å². The van der Waals surface area contributed by atoms with Crippen LogP contribution < -0.4 is 15.4 Å². The summed E-state index contributed by atoms with van der Waals surface area (Å²) < 4.78 is 21.7. The zero-order valence-corrected chi connectivity index (χ0v) is 16.8. The molecule has 2 N–H and O–H groups in total. The highest BCUT2D eigenvalue weighted by molar-refractivity contribution is 5.77. The second-order valence-electron chi connectivity index (χ2n) is 7.44. The number of rotatable bonds is 7. The first-order valence-electron chi connectivity index (χ1n) is 10.0. The van der Waals surface area contributed by atoms with Crippen LogP contribution in [-0.2, 0) is 17.9 Å². The number of benzene rings is 2. The third-order valence-corrected chi connectivity index (χ3v) is 5.45. The molecule has 0 aliphatic carbocycles. The van der Waals surface area contributed by atoms with Gasteiger partial charge in [-0.25, -0.2) is 4.39 Å². The number of nitrogens with zero attached hydrogens (tertiary/aromatic N) is 2. The van der Waals surface area contributed by atoms with Crippen molar-refractivity contribution in [2.75, 3.05) is 7.11 Å². The van der Waals surface area contributed by atoms with Crippen LogP contribution in [0.1, 0.15) is 35.6 Å². The number of piperidine rings is 1. The Morgan fingerprint density at radius 1 is 1.27 bits per heavy atom. The van der Waals surface area contributed by atoms with Crippen LogP contribution in [0.4, 0.5) is 4.39 Å². The van der Waals surface area contributed by atoms with E-state index in [4.69, 9.17) is 4.74 Å². The van der Waals surface area contributed by atoms with E-state index in [0.29, 0.717) is 31.5 Å². The SMILES string of the molecule is COc1ccc(CN[C@@H]2CCC(=O)N[C@H]2c2ccccc2F)cc1Cn1cccn1. The minimum absolute atomic E-state index is 0.0488. The maximum absolute atomic E-state index is 14.4. The fourth-order valence-electron chi connectivity index (χ4n) is 3.92. The van der Waals surface area contributed by atoms with Crippen molar-refractivity contribution in [2.24, 2.45) is 0 Å². The molecule has 0 radical (unpaired) electrons. The lowest BCUT2D eigenvalue weighted by atomic mass is 9.91. The monoisotopic (exact) mass is 408 g/mol. The molecule has 0 unspecified atom stereocenters. The number of ether oxygens (including phenoxy) is 1. The van der Waals surface area contributed by atoms with E-state index in [0.717, 1.165) is 16.9 Å². The molecule has 1 aromatic heterocycles. The number of hydrogen-bond acceptors (Lipinski definition) is 4. The van der Waals surface area contributed by atoms with E-state index in [2.05, 4.69) is 21.8 Å². The fourth-order valence-corrected chi connectivity index (χ4v) is 3.92. The summed E-state index contributed by atoms with van der Waals surface area (Å²) in [6, 6.07) is 14.1. The number of methoxy groups -OCH3 is 1. The summed E-state index contributed by atoms with van der Waals surface area (Å²) in [6.45, 7) is 1.21. The Hall–Kier alpha value is -3.19. The third kappa shape index (κ3) is 4.52. The summed E-state index contributed by atoms with van der Waals surface area (Å²) >= 11 is 0. The number of aromatic nitrogens is 2. The fraction of sp³-hybridized carbons (Fsp3) is 0.304.